The van der Waals surface area contributed by atoms with Crippen LogP contribution in [0.4, 0.5) is 0 Å². The minimum atomic E-state index is -1.12. The van der Waals surface area contributed by atoms with Crippen LogP contribution in [0.1, 0.15) is 121 Å². The smallest absolute Gasteiger partial charge is 0.308 e. The van der Waals surface area contributed by atoms with Gasteiger partial charge in [0, 0.05) is 32.0 Å². The van der Waals surface area contributed by atoms with Gasteiger partial charge in [-0.3, -0.25) is 4.79 Å². The van der Waals surface area contributed by atoms with Crippen LogP contribution in [0.5, 0.6) is 0 Å². The van der Waals surface area contributed by atoms with E-state index in [1.54, 1.807) is 20.8 Å². The summed E-state index contributed by atoms with van der Waals surface area (Å²) in [5.74, 6) is -0.281. The number of nitrogens with zero attached hydrogens (tertiary/aromatic N) is 1. The normalized spacial score (nSPS) is 39.7. The minimum absolute atomic E-state index is 0.183. The first kappa shape index (κ1) is 52.1. The summed E-state index contributed by atoms with van der Waals surface area (Å²) in [5, 5.41) is 61.7. The summed E-state index contributed by atoms with van der Waals surface area (Å²) < 4.78 is 20.2. The largest absolute Gasteiger partial charge is 0.463 e. The van der Waals surface area contributed by atoms with Crippen molar-refractivity contribution >= 4 is 5.97 Å². The number of carbonyl (C=O) groups excluding carboxylic acids is 1. The van der Waals surface area contributed by atoms with Gasteiger partial charge in [0.1, 0.15) is 18.8 Å². The predicted octanol–water partition coefficient (Wildman–Crippen LogP) is 3.44. The second kappa shape index (κ2) is 27.6. The molecule has 51 heavy (non-hydrogen) atoms. The van der Waals surface area contributed by atoms with Gasteiger partial charge in [0.25, 0.3) is 0 Å². The first-order valence-electron chi connectivity index (χ1n) is 19.2. The highest BCUT2D eigenvalue weighted by atomic mass is 16.6. The zero-order valence-electron chi connectivity index (χ0n) is 34.5. The summed E-state index contributed by atoms with van der Waals surface area (Å²) in [6.07, 6.45) is 0.579. The fourth-order valence-corrected chi connectivity index (χ4v) is 6.46. The molecule has 3 rings (SSSR count). The maximum absolute atomic E-state index is 12.1. The number of rotatable bonds is 2. The number of cyclic esters (lactones) is 1. The van der Waals surface area contributed by atoms with Crippen LogP contribution in [0.15, 0.2) is 0 Å². The SMILES string of the molecule is CC.CC1CC(N(C)C)CC(O)O1.CC1C[C@H](C)C[C@](C)(O)C[C@@H](C)CNC(C)C(O)C(O)COC1=O.CCC.COC1CC(O)O[C@@H](C)C1O. The van der Waals surface area contributed by atoms with E-state index in [-0.39, 0.29) is 54.7 Å². The van der Waals surface area contributed by atoms with Crippen LogP contribution in [0, 0.1) is 17.8 Å². The Labute approximate surface area is 310 Å². The molecular weight excluding hydrogens is 660 g/mol. The van der Waals surface area contributed by atoms with E-state index in [2.05, 4.69) is 31.0 Å². The second-order valence-electron chi connectivity index (χ2n) is 15.1. The van der Waals surface area contributed by atoms with Crippen molar-refractivity contribution in [3.05, 3.63) is 0 Å². The highest BCUT2D eigenvalue weighted by Crippen LogP contribution is 2.28. The third-order valence-corrected chi connectivity index (χ3v) is 8.99. The van der Waals surface area contributed by atoms with Gasteiger partial charge >= 0.3 is 5.97 Å². The number of hydrogen-bond donors (Lipinski definition) is 7. The van der Waals surface area contributed by atoms with E-state index in [1.165, 1.54) is 13.5 Å². The molecule has 3 heterocycles. The highest BCUT2D eigenvalue weighted by molar-refractivity contribution is 5.72. The van der Waals surface area contributed by atoms with E-state index >= 15 is 0 Å². The monoisotopic (exact) mass is 741 g/mol. The lowest BCUT2D eigenvalue weighted by atomic mass is 9.82. The minimum Gasteiger partial charge on any atom is -0.463 e. The molecule has 0 aromatic rings. The van der Waals surface area contributed by atoms with Crippen LogP contribution >= 0.6 is 0 Å². The molecular formula is C38H80N2O11. The van der Waals surface area contributed by atoms with E-state index < -0.39 is 36.5 Å². The summed E-state index contributed by atoms with van der Waals surface area (Å²) in [6.45, 7) is 21.9. The van der Waals surface area contributed by atoms with E-state index in [0.717, 1.165) is 12.8 Å². The molecule has 10 unspecified atom stereocenters. The quantitative estimate of drug-likeness (QED) is 0.204. The third-order valence-electron chi connectivity index (χ3n) is 8.99. The molecule has 0 radical (unpaired) electrons. The molecule has 3 aliphatic heterocycles. The fourth-order valence-electron chi connectivity index (χ4n) is 6.46. The molecule has 0 aromatic carbocycles. The molecule has 0 amide bonds. The van der Waals surface area contributed by atoms with Crippen molar-refractivity contribution in [3.8, 4) is 0 Å². The summed E-state index contributed by atoms with van der Waals surface area (Å²) in [4.78, 5) is 14.2. The van der Waals surface area contributed by atoms with Gasteiger partial charge in [-0.25, -0.2) is 0 Å². The number of esters is 1. The van der Waals surface area contributed by atoms with Crippen LogP contribution in [-0.2, 0) is 23.7 Å². The third kappa shape index (κ3) is 22.8. The lowest BCUT2D eigenvalue weighted by Gasteiger charge is -2.34. The van der Waals surface area contributed by atoms with Crippen molar-refractivity contribution in [2.24, 2.45) is 17.8 Å². The summed E-state index contributed by atoms with van der Waals surface area (Å²) >= 11 is 0. The average molecular weight is 741 g/mol. The van der Waals surface area contributed by atoms with E-state index in [9.17, 15) is 30.3 Å². The lowest BCUT2D eigenvalue weighted by Crippen LogP contribution is -2.47. The van der Waals surface area contributed by atoms with Crippen LogP contribution in [0.2, 0.25) is 0 Å². The molecule has 3 aliphatic rings. The van der Waals surface area contributed by atoms with Gasteiger partial charge in [-0.1, -0.05) is 54.9 Å². The Morgan fingerprint density at radius 2 is 1.37 bits per heavy atom. The molecule has 0 aliphatic carbocycles. The van der Waals surface area contributed by atoms with Crippen LogP contribution in [0.3, 0.4) is 0 Å². The molecule has 14 atom stereocenters. The van der Waals surface area contributed by atoms with Crippen LogP contribution in [0.25, 0.3) is 0 Å². The van der Waals surface area contributed by atoms with Gasteiger partial charge in [-0.15, -0.1) is 0 Å². The first-order valence-corrected chi connectivity index (χ1v) is 19.2. The standard InChI is InChI=1S/C18H35NO5.C8H17NO2.C7H14O4.C3H8.C2H6/c1-11-6-13(3)17(22)24-10-15(20)16(21)14(4)19-9-12(2)8-18(5,23)7-11;1-6-4-7(9(2)3)5-8(10)11-6;1-4-7(9)5(10-2)3-6(8)11-4;1-3-2;1-2/h11-16,19-21,23H,6-10H2,1-5H3;6-8,10H,4-5H2,1-3H3;4-9H,3H2,1-2H3;3H2,1-2H3;1-2H3/t11-,12+,13?,14?,15?,16?,18-;;4-,5?,6?,7?;;/m0.0../s1. The Morgan fingerprint density at radius 1 is 0.843 bits per heavy atom. The Kier molecular flexibility index (Phi) is 28.2. The van der Waals surface area contributed by atoms with E-state index in [0.29, 0.717) is 38.3 Å². The Hall–Kier alpha value is -0.970. The number of aliphatic hydroxyl groups is 6. The lowest BCUT2D eigenvalue weighted by molar-refractivity contribution is -0.231. The van der Waals surface area contributed by atoms with Gasteiger partial charge in [0.15, 0.2) is 12.6 Å². The van der Waals surface area contributed by atoms with Gasteiger partial charge in [0.2, 0.25) is 0 Å². The summed E-state index contributed by atoms with van der Waals surface area (Å²) in [5.41, 5.74) is -0.800. The summed E-state index contributed by atoms with van der Waals surface area (Å²) in [6, 6.07) is 0.126. The van der Waals surface area contributed by atoms with Crippen molar-refractivity contribution in [1.82, 2.24) is 10.2 Å². The Bertz CT molecular complexity index is 852. The van der Waals surface area contributed by atoms with Crippen molar-refractivity contribution < 1.29 is 54.4 Å². The number of aliphatic hydroxyl groups excluding tert-OH is 5. The molecule has 7 N–H and O–H groups in total. The highest BCUT2D eigenvalue weighted by Gasteiger charge is 2.34. The van der Waals surface area contributed by atoms with Gasteiger partial charge < -0.3 is 59.8 Å². The van der Waals surface area contributed by atoms with Gasteiger partial charge in [0.05, 0.1) is 35.9 Å². The number of nitrogens with one attached hydrogen (secondary N) is 1. The number of methoxy groups -OCH3 is 1. The summed E-state index contributed by atoms with van der Waals surface area (Å²) in [7, 11) is 5.59. The number of hydrogen-bond acceptors (Lipinski definition) is 13. The number of carbonyl (C=O) groups is 1. The van der Waals surface area contributed by atoms with Crippen LogP contribution < -0.4 is 5.32 Å². The maximum atomic E-state index is 12.1. The molecule has 0 spiro atoms. The van der Waals surface area contributed by atoms with Crippen LogP contribution in [-0.4, -0.2) is 143 Å². The zero-order chi connectivity index (χ0) is 40.1. The van der Waals surface area contributed by atoms with Gasteiger partial charge in [-0.2, -0.15) is 0 Å². The molecule has 3 fully saturated rings. The molecule has 308 valence electrons. The maximum Gasteiger partial charge on any atom is 0.308 e. The first-order chi connectivity index (χ1) is 23.7. The Morgan fingerprint density at radius 3 is 1.88 bits per heavy atom. The van der Waals surface area contributed by atoms with E-state index in [1.807, 2.05) is 48.7 Å². The molecule has 13 nitrogen and oxygen atoms in total. The van der Waals surface area contributed by atoms with Crippen molar-refractivity contribution in [1.29, 1.82) is 0 Å². The van der Waals surface area contributed by atoms with Crippen molar-refractivity contribution in [2.45, 2.75) is 188 Å². The molecule has 0 bridgehead atoms. The van der Waals surface area contributed by atoms with Crippen molar-refractivity contribution in [2.75, 3.05) is 34.4 Å². The average Bonchev–Trinajstić information content (AvgIpc) is 3.04. The molecule has 0 saturated carbocycles. The molecule has 13 heteroatoms. The second-order valence-corrected chi connectivity index (χ2v) is 15.1. The fraction of sp³-hybridized carbons (Fsp3) is 0.974. The molecule has 3 saturated heterocycles. The number of ether oxygens (including phenoxy) is 4. The predicted molar refractivity (Wildman–Crippen MR) is 201 cm³/mol. The Balaban J connectivity index is 0. The molecule has 0 aromatic heterocycles. The van der Waals surface area contributed by atoms with Crippen molar-refractivity contribution in [3.63, 3.8) is 0 Å². The zero-order valence-corrected chi connectivity index (χ0v) is 34.5. The topological polar surface area (TPSA) is 191 Å². The van der Waals surface area contributed by atoms with Gasteiger partial charge in [-0.05, 0) is 85.9 Å². The van der Waals surface area contributed by atoms with E-state index in [4.69, 9.17) is 24.1 Å².